The summed E-state index contributed by atoms with van der Waals surface area (Å²) in [5.41, 5.74) is -0.484. The van der Waals surface area contributed by atoms with Crippen LogP contribution in [0.1, 0.15) is 25.8 Å². The molecule has 0 spiro atoms. The Balaban J connectivity index is 2.33. The SMILES string of the molecule is CCOC(=O)C1(CC)Cc2cc(O)c(F)cc2O1. The number of fused-ring (bicyclic) bond motifs is 1. The summed E-state index contributed by atoms with van der Waals surface area (Å²) in [4.78, 5) is 11.9. The third-order valence-corrected chi connectivity index (χ3v) is 3.13. The normalized spacial score (nSPS) is 21.3. The van der Waals surface area contributed by atoms with Gasteiger partial charge in [-0.1, -0.05) is 6.92 Å². The number of carbonyl (C=O) groups is 1. The summed E-state index contributed by atoms with van der Waals surface area (Å²) < 4.78 is 23.8. The number of benzene rings is 1. The van der Waals surface area contributed by atoms with Gasteiger partial charge < -0.3 is 14.6 Å². The van der Waals surface area contributed by atoms with Gasteiger partial charge in [0.2, 0.25) is 5.60 Å². The molecule has 0 saturated carbocycles. The highest BCUT2D eigenvalue weighted by Crippen LogP contribution is 2.40. The van der Waals surface area contributed by atoms with E-state index in [-0.39, 0.29) is 13.0 Å². The van der Waals surface area contributed by atoms with Crippen LogP contribution in [0.15, 0.2) is 12.1 Å². The molecule has 0 amide bonds. The molecule has 1 aromatic rings. The summed E-state index contributed by atoms with van der Waals surface area (Å²) in [7, 11) is 0. The second-order valence-corrected chi connectivity index (χ2v) is 4.26. The lowest BCUT2D eigenvalue weighted by Crippen LogP contribution is -2.44. The van der Waals surface area contributed by atoms with Crippen LogP contribution in [0.3, 0.4) is 0 Å². The highest BCUT2D eigenvalue weighted by Gasteiger charge is 2.46. The van der Waals surface area contributed by atoms with E-state index in [1.54, 1.807) is 13.8 Å². The predicted molar refractivity (Wildman–Crippen MR) is 62.1 cm³/mol. The van der Waals surface area contributed by atoms with Crippen LogP contribution < -0.4 is 4.74 Å². The average Bonchev–Trinajstić information content (AvgIpc) is 2.69. The van der Waals surface area contributed by atoms with Crippen LogP contribution in [-0.2, 0) is 16.0 Å². The van der Waals surface area contributed by atoms with E-state index in [1.807, 2.05) is 0 Å². The van der Waals surface area contributed by atoms with Gasteiger partial charge in [0.05, 0.1) is 6.61 Å². The lowest BCUT2D eigenvalue weighted by atomic mass is 9.94. The molecule has 5 heteroatoms. The van der Waals surface area contributed by atoms with Gasteiger partial charge in [-0.15, -0.1) is 0 Å². The van der Waals surface area contributed by atoms with Crippen molar-refractivity contribution in [1.82, 2.24) is 0 Å². The Morgan fingerprint density at radius 3 is 2.89 bits per heavy atom. The third-order valence-electron chi connectivity index (χ3n) is 3.13. The number of hydrogen-bond donors (Lipinski definition) is 1. The second-order valence-electron chi connectivity index (χ2n) is 4.26. The Kier molecular flexibility index (Phi) is 3.15. The lowest BCUT2D eigenvalue weighted by molar-refractivity contribution is -0.160. The van der Waals surface area contributed by atoms with Crippen molar-refractivity contribution in [3.63, 3.8) is 0 Å². The number of phenolic OH excluding ortho intramolecular Hbond substituents is 1. The molecule has 1 aliphatic rings. The number of hydrogen-bond acceptors (Lipinski definition) is 4. The fourth-order valence-corrected chi connectivity index (χ4v) is 2.09. The maximum atomic E-state index is 13.2. The Bertz CT molecular complexity index is 453. The summed E-state index contributed by atoms with van der Waals surface area (Å²) in [5.74, 6) is -1.36. The monoisotopic (exact) mass is 254 g/mol. The van der Waals surface area contributed by atoms with E-state index in [9.17, 15) is 14.3 Å². The third kappa shape index (κ3) is 1.89. The van der Waals surface area contributed by atoms with Crippen LogP contribution in [-0.4, -0.2) is 23.3 Å². The topological polar surface area (TPSA) is 55.8 Å². The fraction of sp³-hybridized carbons (Fsp3) is 0.462. The molecule has 1 unspecified atom stereocenters. The largest absolute Gasteiger partial charge is 0.505 e. The van der Waals surface area contributed by atoms with Crippen molar-refractivity contribution in [2.75, 3.05) is 6.61 Å². The molecule has 4 nitrogen and oxygen atoms in total. The molecule has 0 bridgehead atoms. The van der Waals surface area contributed by atoms with Crippen LogP contribution in [0.2, 0.25) is 0 Å². The minimum absolute atomic E-state index is 0.264. The van der Waals surface area contributed by atoms with Gasteiger partial charge in [0.25, 0.3) is 0 Å². The molecule has 1 heterocycles. The minimum Gasteiger partial charge on any atom is -0.505 e. The highest BCUT2D eigenvalue weighted by molar-refractivity contribution is 5.82. The Morgan fingerprint density at radius 2 is 2.28 bits per heavy atom. The number of ether oxygens (including phenoxy) is 2. The maximum absolute atomic E-state index is 13.2. The van der Waals surface area contributed by atoms with Crippen molar-refractivity contribution < 1.29 is 23.8 Å². The van der Waals surface area contributed by atoms with Crippen LogP contribution in [0.25, 0.3) is 0 Å². The molecule has 0 aromatic heterocycles. The van der Waals surface area contributed by atoms with Crippen molar-refractivity contribution >= 4 is 5.97 Å². The van der Waals surface area contributed by atoms with Gasteiger partial charge in [0.1, 0.15) is 5.75 Å². The van der Waals surface area contributed by atoms with Crippen LogP contribution >= 0.6 is 0 Å². The first-order chi connectivity index (χ1) is 8.52. The highest BCUT2D eigenvalue weighted by atomic mass is 19.1. The number of phenols is 1. The standard InChI is InChI=1S/C13H15FO4/c1-3-13(12(16)17-4-2)7-8-5-10(15)9(14)6-11(8)18-13/h5-6,15H,3-4,7H2,1-2H3. The number of aromatic hydroxyl groups is 1. The molecule has 1 N–H and O–H groups in total. The summed E-state index contributed by atoms with van der Waals surface area (Å²) in [6.07, 6.45) is 0.703. The summed E-state index contributed by atoms with van der Waals surface area (Å²) in [5, 5.41) is 9.32. The van der Waals surface area contributed by atoms with E-state index in [4.69, 9.17) is 9.47 Å². The van der Waals surface area contributed by atoms with Gasteiger partial charge in [-0.05, 0) is 19.4 Å². The zero-order chi connectivity index (χ0) is 13.3. The Morgan fingerprint density at radius 1 is 1.56 bits per heavy atom. The summed E-state index contributed by atoms with van der Waals surface area (Å²) >= 11 is 0. The first kappa shape index (κ1) is 12.7. The number of esters is 1. The first-order valence-electron chi connectivity index (χ1n) is 5.90. The van der Waals surface area contributed by atoms with Gasteiger partial charge in [0, 0.05) is 18.1 Å². The molecule has 18 heavy (non-hydrogen) atoms. The first-order valence-corrected chi connectivity index (χ1v) is 5.90. The summed E-state index contributed by atoms with van der Waals surface area (Å²) in [6.45, 7) is 3.79. The molecular weight excluding hydrogens is 239 g/mol. The molecule has 0 saturated heterocycles. The van der Waals surface area contributed by atoms with E-state index < -0.39 is 23.1 Å². The van der Waals surface area contributed by atoms with Crippen LogP contribution in [0, 0.1) is 5.82 Å². The molecule has 0 fully saturated rings. The van der Waals surface area contributed by atoms with E-state index in [0.717, 1.165) is 6.07 Å². The number of rotatable bonds is 3. The van der Waals surface area contributed by atoms with Crippen molar-refractivity contribution in [1.29, 1.82) is 0 Å². The zero-order valence-electron chi connectivity index (χ0n) is 10.3. The molecule has 2 rings (SSSR count). The second kappa shape index (κ2) is 4.48. The molecule has 0 aliphatic carbocycles. The van der Waals surface area contributed by atoms with Crippen LogP contribution in [0.4, 0.5) is 4.39 Å². The van der Waals surface area contributed by atoms with Crippen molar-refractivity contribution in [3.8, 4) is 11.5 Å². The minimum atomic E-state index is -1.10. The van der Waals surface area contributed by atoms with Crippen molar-refractivity contribution in [2.45, 2.75) is 32.3 Å². The lowest BCUT2D eigenvalue weighted by Gasteiger charge is -2.24. The number of carbonyl (C=O) groups excluding carboxylic acids is 1. The van der Waals surface area contributed by atoms with E-state index in [2.05, 4.69) is 0 Å². The van der Waals surface area contributed by atoms with Crippen LogP contribution in [0.5, 0.6) is 11.5 Å². The quantitative estimate of drug-likeness (QED) is 0.840. The Labute approximate surface area is 104 Å². The Hall–Kier alpha value is -1.78. The molecule has 0 radical (unpaired) electrons. The van der Waals surface area contributed by atoms with Gasteiger partial charge in [-0.2, -0.15) is 0 Å². The maximum Gasteiger partial charge on any atom is 0.350 e. The van der Waals surface area contributed by atoms with E-state index >= 15 is 0 Å². The van der Waals surface area contributed by atoms with Crippen molar-refractivity contribution in [2.24, 2.45) is 0 Å². The molecule has 1 aromatic carbocycles. The molecule has 1 aliphatic heterocycles. The predicted octanol–water partition coefficient (Wildman–Crippen LogP) is 2.18. The fourth-order valence-electron chi connectivity index (χ4n) is 2.09. The van der Waals surface area contributed by atoms with Gasteiger partial charge >= 0.3 is 5.97 Å². The van der Waals surface area contributed by atoms with Gasteiger partial charge in [-0.25, -0.2) is 9.18 Å². The molecular formula is C13H15FO4. The molecule has 1 atom stereocenters. The van der Waals surface area contributed by atoms with Crippen molar-refractivity contribution in [3.05, 3.63) is 23.5 Å². The summed E-state index contributed by atoms with van der Waals surface area (Å²) in [6, 6.07) is 2.39. The smallest absolute Gasteiger partial charge is 0.350 e. The molecule has 98 valence electrons. The van der Waals surface area contributed by atoms with E-state index in [1.165, 1.54) is 6.07 Å². The van der Waals surface area contributed by atoms with Gasteiger partial charge in [0.15, 0.2) is 11.6 Å². The van der Waals surface area contributed by atoms with E-state index in [0.29, 0.717) is 17.7 Å². The van der Waals surface area contributed by atoms with Gasteiger partial charge in [-0.3, -0.25) is 0 Å². The number of halogens is 1. The zero-order valence-corrected chi connectivity index (χ0v) is 10.3. The average molecular weight is 254 g/mol.